The van der Waals surface area contributed by atoms with E-state index >= 15 is 0 Å². The highest BCUT2D eigenvalue weighted by atomic mass is 32.1. The summed E-state index contributed by atoms with van der Waals surface area (Å²) < 4.78 is 0. The van der Waals surface area contributed by atoms with E-state index in [1.807, 2.05) is 18.4 Å². The van der Waals surface area contributed by atoms with Crippen molar-refractivity contribution in [3.63, 3.8) is 0 Å². The number of nitrogens with one attached hydrogen (secondary N) is 1. The van der Waals surface area contributed by atoms with Gasteiger partial charge in [-0.05, 0) is 41.6 Å². The molecule has 0 radical (unpaired) electrons. The minimum absolute atomic E-state index is 0.00000501. The summed E-state index contributed by atoms with van der Waals surface area (Å²) in [6, 6.07) is 5.62. The maximum atomic E-state index is 12.1. The number of aryl methyl sites for hydroxylation is 1. The van der Waals surface area contributed by atoms with Crippen LogP contribution in [0.3, 0.4) is 0 Å². The monoisotopic (exact) mass is 291 g/mol. The summed E-state index contributed by atoms with van der Waals surface area (Å²) in [5.74, 6) is -1.64. The summed E-state index contributed by atoms with van der Waals surface area (Å²) in [5, 5.41) is 23.0. The fraction of sp³-hybridized carbons (Fsp3) is 0.143. The standard InChI is InChI=1S/C14H13NO4S/c1-2-8-5-6-20-12(8)13(17)15-10-7-9(14(18)19)3-4-11(10)16/h3-7,16H,2H2,1H3,(H,15,17)(H,18,19). The van der Waals surface area contributed by atoms with Crippen LogP contribution in [-0.2, 0) is 6.42 Å². The van der Waals surface area contributed by atoms with Crippen LogP contribution in [0.4, 0.5) is 5.69 Å². The van der Waals surface area contributed by atoms with E-state index < -0.39 is 5.97 Å². The van der Waals surface area contributed by atoms with E-state index in [0.717, 1.165) is 12.0 Å². The van der Waals surface area contributed by atoms with Gasteiger partial charge >= 0.3 is 5.97 Å². The van der Waals surface area contributed by atoms with Gasteiger partial charge in [0, 0.05) is 0 Å². The SMILES string of the molecule is CCc1ccsc1C(=O)Nc1cc(C(=O)O)ccc1O. The molecular formula is C14H13NO4S. The van der Waals surface area contributed by atoms with Crippen molar-refractivity contribution in [1.29, 1.82) is 0 Å². The molecule has 0 aliphatic heterocycles. The summed E-state index contributed by atoms with van der Waals surface area (Å²) in [6.45, 7) is 1.95. The number of aromatic carboxylic acids is 1. The Morgan fingerprint density at radius 1 is 1.30 bits per heavy atom. The highest BCUT2D eigenvalue weighted by molar-refractivity contribution is 7.12. The normalized spacial score (nSPS) is 10.2. The van der Waals surface area contributed by atoms with Gasteiger partial charge in [-0.1, -0.05) is 6.92 Å². The number of hydrogen-bond acceptors (Lipinski definition) is 4. The number of phenols is 1. The zero-order valence-corrected chi connectivity index (χ0v) is 11.5. The Balaban J connectivity index is 2.28. The number of carbonyl (C=O) groups excluding carboxylic acids is 1. The van der Waals surface area contributed by atoms with Crippen molar-refractivity contribution in [1.82, 2.24) is 0 Å². The van der Waals surface area contributed by atoms with Crippen molar-refractivity contribution < 1.29 is 19.8 Å². The number of carbonyl (C=O) groups is 2. The Hall–Kier alpha value is -2.34. The second-order valence-corrected chi connectivity index (χ2v) is 5.04. The zero-order chi connectivity index (χ0) is 14.7. The molecule has 6 heteroatoms. The van der Waals surface area contributed by atoms with Gasteiger partial charge in [-0.3, -0.25) is 4.79 Å². The number of phenolic OH excluding ortho intramolecular Hbond substituents is 1. The first-order valence-corrected chi connectivity index (χ1v) is 6.85. The maximum Gasteiger partial charge on any atom is 0.335 e. The van der Waals surface area contributed by atoms with Crippen molar-refractivity contribution in [2.24, 2.45) is 0 Å². The molecule has 1 aromatic carbocycles. The lowest BCUT2D eigenvalue weighted by Gasteiger charge is -2.08. The third-order valence-corrected chi connectivity index (χ3v) is 3.78. The molecule has 0 saturated carbocycles. The lowest BCUT2D eigenvalue weighted by molar-refractivity contribution is 0.0696. The number of hydrogen-bond donors (Lipinski definition) is 3. The van der Waals surface area contributed by atoms with Crippen LogP contribution in [0.5, 0.6) is 5.75 Å². The van der Waals surface area contributed by atoms with Gasteiger partial charge in [0.2, 0.25) is 0 Å². The van der Waals surface area contributed by atoms with Crippen LogP contribution < -0.4 is 5.32 Å². The summed E-state index contributed by atoms with van der Waals surface area (Å²) in [4.78, 5) is 23.6. The van der Waals surface area contributed by atoms with Crippen molar-refractivity contribution in [2.45, 2.75) is 13.3 Å². The number of carboxylic acids is 1. The first kappa shape index (κ1) is 14.1. The molecule has 0 fully saturated rings. The molecule has 2 rings (SSSR count). The second-order valence-electron chi connectivity index (χ2n) is 4.12. The molecule has 0 aliphatic carbocycles. The van der Waals surface area contributed by atoms with Crippen molar-refractivity contribution in [2.75, 3.05) is 5.32 Å². The van der Waals surface area contributed by atoms with Crippen LogP contribution >= 0.6 is 11.3 Å². The molecule has 0 aliphatic rings. The van der Waals surface area contributed by atoms with Crippen LogP contribution in [-0.4, -0.2) is 22.1 Å². The third-order valence-electron chi connectivity index (χ3n) is 2.83. The van der Waals surface area contributed by atoms with Crippen LogP contribution in [0.2, 0.25) is 0 Å². The van der Waals surface area contributed by atoms with Crippen LogP contribution in [0.25, 0.3) is 0 Å². The lowest BCUT2D eigenvalue weighted by atomic mass is 10.1. The fourth-order valence-electron chi connectivity index (χ4n) is 1.76. The number of thiophene rings is 1. The molecule has 0 atom stereocenters. The van der Waals surface area contributed by atoms with Gasteiger partial charge in [-0.15, -0.1) is 11.3 Å². The number of aromatic hydroxyl groups is 1. The minimum atomic E-state index is -1.12. The van der Waals surface area contributed by atoms with E-state index in [4.69, 9.17) is 5.11 Å². The quantitative estimate of drug-likeness (QED) is 0.756. The molecule has 0 bridgehead atoms. The molecule has 0 unspecified atom stereocenters. The Morgan fingerprint density at radius 3 is 2.70 bits per heavy atom. The predicted octanol–water partition coefficient (Wildman–Crippen LogP) is 2.97. The van der Waals surface area contributed by atoms with E-state index in [2.05, 4.69) is 5.32 Å². The molecule has 1 aromatic heterocycles. The summed E-state index contributed by atoms with van der Waals surface area (Å²) in [7, 11) is 0. The number of amides is 1. The molecule has 1 amide bonds. The summed E-state index contributed by atoms with van der Waals surface area (Å²) in [6.07, 6.45) is 0.730. The fourth-order valence-corrected chi connectivity index (χ4v) is 2.65. The average molecular weight is 291 g/mol. The van der Waals surface area contributed by atoms with Crippen LogP contribution in [0.1, 0.15) is 32.5 Å². The van der Waals surface area contributed by atoms with Gasteiger partial charge in [0.25, 0.3) is 5.91 Å². The van der Waals surface area contributed by atoms with E-state index in [1.54, 1.807) is 0 Å². The Kier molecular flexibility index (Phi) is 4.05. The van der Waals surface area contributed by atoms with E-state index in [9.17, 15) is 14.7 Å². The third kappa shape index (κ3) is 2.80. The smallest absolute Gasteiger partial charge is 0.335 e. The van der Waals surface area contributed by atoms with Gasteiger partial charge in [0.1, 0.15) is 5.75 Å². The molecule has 2 aromatic rings. The van der Waals surface area contributed by atoms with Gasteiger partial charge in [0.05, 0.1) is 16.1 Å². The number of carboxylic acid groups (broad SMARTS) is 1. The second kappa shape index (κ2) is 5.75. The lowest BCUT2D eigenvalue weighted by Crippen LogP contribution is -2.12. The molecule has 0 saturated heterocycles. The van der Waals surface area contributed by atoms with Crippen molar-refractivity contribution in [3.05, 3.63) is 45.6 Å². The van der Waals surface area contributed by atoms with Gasteiger partial charge in [-0.2, -0.15) is 0 Å². The molecule has 104 valence electrons. The molecule has 1 heterocycles. The first-order chi connectivity index (χ1) is 9.52. The van der Waals surface area contributed by atoms with E-state index in [1.165, 1.54) is 29.5 Å². The maximum absolute atomic E-state index is 12.1. The Labute approximate surface area is 119 Å². The van der Waals surface area contributed by atoms with Crippen LogP contribution in [0.15, 0.2) is 29.6 Å². The van der Waals surface area contributed by atoms with E-state index in [0.29, 0.717) is 4.88 Å². The summed E-state index contributed by atoms with van der Waals surface area (Å²) >= 11 is 1.31. The Morgan fingerprint density at radius 2 is 2.05 bits per heavy atom. The molecular weight excluding hydrogens is 278 g/mol. The van der Waals surface area contributed by atoms with Gasteiger partial charge < -0.3 is 15.5 Å². The summed E-state index contributed by atoms with van der Waals surface area (Å²) in [5.41, 5.74) is 1.01. The Bertz CT molecular complexity index is 663. The minimum Gasteiger partial charge on any atom is -0.506 e. The molecule has 5 nitrogen and oxygen atoms in total. The van der Waals surface area contributed by atoms with E-state index in [-0.39, 0.29) is 22.9 Å². The number of benzene rings is 1. The first-order valence-electron chi connectivity index (χ1n) is 5.97. The van der Waals surface area contributed by atoms with Crippen molar-refractivity contribution in [3.8, 4) is 5.75 Å². The average Bonchev–Trinajstić information content (AvgIpc) is 2.89. The highest BCUT2D eigenvalue weighted by Crippen LogP contribution is 2.26. The molecule has 0 spiro atoms. The largest absolute Gasteiger partial charge is 0.506 e. The van der Waals surface area contributed by atoms with Gasteiger partial charge in [-0.25, -0.2) is 4.79 Å². The predicted molar refractivity (Wildman–Crippen MR) is 76.7 cm³/mol. The number of anilines is 1. The van der Waals surface area contributed by atoms with Crippen LogP contribution in [0, 0.1) is 0 Å². The molecule has 20 heavy (non-hydrogen) atoms. The number of rotatable bonds is 4. The van der Waals surface area contributed by atoms with Gasteiger partial charge in [0.15, 0.2) is 0 Å². The van der Waals surface area contributed by atoms with Crippen molar-refractivity contribution >= 4 is 28.9 Å². The zero-order valence-electron chi connectivity index (χ0n) is 10.7. The highest BCUT2D eigenvalue weighted by Gasteiger charge is 2.15. The molecule has 3 N–H and O–H groups in total. The topological polar surface area (TPSA) is 86.6 Å².